The molecule has 0 fully saturated rings. The molecule has 1 unspecified atom stereocenters. The second-order valence-corrected chi connectivity index (χ2v) is 6.63. The molecular weight excluding hydrogens is 326 g/mol. The monoisotopic (exact) mass is 355 g/mol. The molecule has 0 heterocycles. The van der Waals surface area contributed by atoms with E-state index in [4.69, 9.17) is 5.73 Å². The maximum atomic E-state index is 12.2. The van der Waals surface area contributed by atoms with E-state index in [-0.39, 0.29) is 48.6 Å². The fraction of sp³-hybridized carbons (Fsp3) is 0.556. The third-order valence-electron chi connectivity index (χ3n) is 3.95. The average Bonchev–Trinajstić information content (AvgIpc) is 2.50. The minimum atomic E-state index is -0.597. The summed E-state index contributed by atoms with van der Waals surface area (Å²) in [5, 5.41) is 5.60. The van der Waals surface area contributed by atoms with Crippen molar-refractivity contribution in [3.05, 3.63) is 35.4 Å². The number of amides is 2. The number of nitrogens with two attached hydrogens (primary N) is 1. The van der Waals surface area contributed by atoms with Gasteiger partial charge in [-0.2, -0.15) is 0 Å². The third-order valence-corrected chi connectivity index (χ3v) is 3.95. The number of nitrogens with one attached hydrogen (secondary N) is 2. The molecule has 24 heavy (non-hydrogen) atoms. The quantitative estimate of drug-likeness (QED) is 0.701. The SMILES string of the molecule is Cc1ccccc1C(NC(=O)CNC(=O)[C@@H](N)C(C)C)C(C)C.Cl. The summed E-state index contributed by atoms with van der Waals surface area (Å²) in [4.78, 5) is 24.0. The van der Waals surface area contributed by atoms with Crippen molar-refractivity contribution in [2.75, 3.05) is 6.54 Å². The summed E-state index contributed by atoms with van der Waals surface area (Å²) in [5.41, 5.74) is 8.00. The van der Waals surface area contributed by atoms with Crippen molar-refractivity contribution >= 4 is 24.2 Å². The van der Waals surface area contributed by atoms with E-state index in [2.05, 4.69) is 24.5 Å². The molecule has 0 aliphatic carbocycles. The van der Waals surface area contributed by atoms with Crippen LogP contribution in [0.4, 0.5) is 0 Å². The summed E-state index contributed by atoms with van der Waals surface area (Å²) in [5.74, 6) is -0.231. The molecule has 1 aromatic rings. The third kappa shape index (κ3) is 6.49. The normalized spacial score (nSPS) is 13.2. The van der Waals surface area contributed by atoms with Gasteiger partial charge in [-0.15, -0.1) is 12.4 Å². The van der Waals surface area contributed by atoms with E-state index in [0.717, 1.165) is 11.1 Å². The van der Waals surface area contributed by atoms with Gasteiger partial charge in [-0.25, -0.2) is 0 Å². The second kappa shape index (κ2) is 10.3. The van der Waals surface area contributed by atoms with Gasteiger partial charge < -0.3 is 16.4 Å². The highest BCUT2D eigenvalue weighted by Gasteiger charge is 2.21. The first-order chi connectivity index (χ1) is 10.7. The molecule has 0 aliphatic heterocycles. The molecule has 0 saturated heterocycles. The van der Waals surface area contributed by atoms with Crippen LogP contribution in [0.3, 0.4) is 0 Å². The minimum Gasteiger partial charge on any atom is -0.347 e. The Morgan fingerprint density at radius 3 is 2.17 bits per heavy atom. The summed E-state index contributed by atoms with van der Waals surface area (Å²) in [7, 11) is 0. The number of benzene rings is 1. The molecular formula is C18H30ClN3O2. The molecule has 0 saturated carbocycles. The van der Waals surface area contributed by atoms with Crippen molar-refractivity contribution in [3.8, 4) is 0 Å². The molecule has 6 heteroatoms. The number of hydrogen-bond acceptors (Lipinski definition) is 3. The van der Waals surface area contributed by atoms with Crippen LogP contribution in [0.2, 0.25) is 0 Å². The molecule has 4 N–H and O–H groups in total. The van der Waals surface area contributed by atoms with Crippen molar-refractivity contribution < 1.29 is 9.59 Å². The Labute approximate surface area is 151 Å². The minimum absolute atomic E-state index is 0. The Bertz CT molecular complexity index is 547. The van der Waals surface area contributed by atoms with Crippen molar-refractivity contribution in [1.29, 1.82) is 0 Å². The molecule has 0 spiro atoms. The summed E-state index contributed by atoms with van der Waals surface area (Å²) in [6.07, 6.45) is 0. The van der Waals surface area contributed by atoms with Gasteiger partial charge >= 0.3 is 0 Å². The Kier molecular flexibility index (Phi) is 9.63. The Morgan fingerprint density at radius 2 is 1.67 bits per heavy atom. The van der Waals surface area contributed by atoms with E-state index in [1.807, 2.05) is 45.0 Å². The van der Waals surface area contributed by atoms with Gasteiger partial charge in [-0.05, 0) is 29.9 Å². The van der Waals surface area contributed by atoms with E-state index in [1.54, 1.807) is 0 Å². The molecule has 136 valence electrons. The largest absolute Gasteiger partial charge is 0.347 e. The average molecular weight is 356 g/mol. The zero-order chi connectivity index (χ0) is 17.6. The standard InChI is InChI=1S/C18H29N3O2.ClH/c1-11(2)16(19)18(23)20-10-15(22)21-17(12(3)4)14-9-7-6-8-13(14)5;/h6-9,11-12,16-17H,10,19H2,1-5H3,(H,20,23)(H,21,22);1H/t16-,17?;/m0./s1. The Hall–Kier alpha value is -1.59. The molecule has 2 atom stereocenters. The van der Waals surface area contributed by atoms with Gasteiger partial charge in [0.25, 0.3) is 0 Å². The Morgan fingerprint density at radius 1 is 1.08 bits per heavy atom. The van der Waals surface area contributed by atoms with Crippen molar-refractivity contribution in [1.82, 2.24) is 10.6 Å². The molecule has 1 aromatic carbocycles. The molecule has 1 rings (SSSR count). The molecule has 0 radical (unpaired) electrons. The number of carbonyl (C=O) groups excluding carboxylic acids is 2. The van der Waals surface area contributed by atoms with Crippen LogP contribution in [0, 0.1) is 18.8 Å². The molecule has 0 bridgehead atoms. The van der Waals surface area contributed by atoms with Gasteiger partial charge in [-0.3, -0.25) is 9.59 Å². The topological polar surface area (TPSA) is 84.2 Å². The van der Waals surface area contributed by atoms with Crippen LogP contribution >= 0.6 is 12.4 Å². The lowest BCUT2D eigenvalue weighted by Crippen LogP contribution is -2.47. The lowest BCUT2D eigenvalue weighted by atomic mass is 9.92. The summed E-state index contributed by atoms with van der Waals surface area (Å²) in [6.45, 7) is 9.83. The van der Waals surface area contributed by atoms with Gasteiger partial charge in [0.2, 0.25) is 11.8 Å². The maximum Gasteiger partial charge on any atom is 0.239 e. The van der Waals surface area contributed by atoms with Crippen LogP contribution in [-0.2, 0) is 9.59 Å². The predicted molar refractivity (Wildman–Crippen MR) is 100.0 cm³/mol. The van der Waals surface area contributed by atoms with E-state index < -0.39 is 6.04 Å². The van der Waals surface area contributed by atoms with Crippen LogP contribution < -0.4 is 16.4 Å². The van der Waals surface area contributed by atoms with Crippen molar-refractivity contribution in [2.24, 2.45) is 17.6 Å². The highest BCUT2D eigenvalue weighted by Crippen LogP contribution is 2.24. The maximum absolute atomic E-state index is 12.2. The van der Waals surface area contributed by atoms with Gasteiger partial charge in [0, 0.05) is 0 Å². The van der Waals surface area contributed by atoms with Gasteiger partial charge in [-0.1, -0.05) is 52.0 Å². The zero-order valence-corrected chi connectivity index (χ0v) is 15.9. The van der Waals surface area contributed by atoms with Crippen LogP contribution in [0.5, 0.6) is 0 Å². The van der Waals surface area contributed by atoms with E-state index >= 15 is 0 Å². The number of halogens is 1. The van der Waals surface area contributed by atoms with Crippen molar-refractivity contribution in [3.63, 3.8) is 0 Å². The van der Waals surface area contributed by atoms with Crippen LogP contribution in [0.1, 0.15) is 44.9 Å². The number of hydrogen-bond donors (Lipinski definition) is 3. The van der Waals surface area contributed by atoms with Gasteiger partial charge in [0.05, 0.1) is 18.6 Å². The first-order valence-corrected chi connectivity index (χ1v) is 8.12. The molecule has 0 aromatic heterocycles. The first-order valence-electron chi connectivity index (χ1n) is 8.12. The van der Waals surface area contributed by atoms with Gasteiger partial charge in [0.15, 0.2) is 0 Å². The fourth-order valence-electron chi connectivity index (χ4n) is 2.35. The first kappa shape index (κ1) is 22.4. The number of aryl methyl sites for hydroxylation is 1. The van der Waals surface area contributed by atoms with Crippen LogP contribution in [0.25, 0.3) is 0 Å². The Balaban J connectivity index is 0.00000529. The van der Waals surface area contributed by atoms with E-state index in [1.165, 1.54) is 0 Å². The van der Waals surface area contributed by atoms with E-state index in [9.17, 15) is 9.59 Å². The van der Waals surface area contributed by atoms with Crippen molar-refractivity contribution in [2.45, 2.75) is 46.7 Å². The predicted octanol–water partition coefficient (Wildman–Crippen LogP) is 2.33. The lowest BCUT2D eigenvalue weighted by Gasteiger charge is -2.25. The highest BCUT2D eigenvalue weighted by molar-refractivity contribution is 5.87. The van der Waals surface area contributed by atoms with Gasteiger partial charge in [0.1, 0.15) is 0 Å². The molecule has 2 amide bonds. The number of rotatable bonds is 7. The second-order valence-electron chi connectivity index (χ2n) is 6.63. The lowest BCUT2D eigenvalue weighted by molar-refractivity contribution is -0.127. The number of carbonyl (C=O) groups is 2. The van der Waals surface area contributed by atoms with Crippen LogP contribution in [-0.4, -0.2) is 24.4 Å². The molecule has 0 aliphatic rings. The van der Waals surface area contributed by atoms with E-state index in [0.29, 0.717) is 0 Å². The fourth-order valence-corrected chi connectivity index (χ4v) is 2.35. The zero-order valence-electron chi connectivity index (χ0n) is 15.1. The van der Waals surface area contributed by atoms with Crippen LogP contribution in [0.15, 0.2) is 24.3 Å². The summed E-state index contributed by atoms with van der Waals surface area (Å²) in [6, 6.07) is 7.31. The molecule has 5 nitrogen and oxygen atoms in total. The summed E-state index contributed by atoms with van der Waals surface area (Å²) >= 11 is 0. The smallest absolute Gasteiger partial charge is 0.239 e. The highest BCUT2D eigenvalue weighted by atomic mass is 35.5. The summed E-state index contributed by atoms with van der Waals surface area (Å²) < 4.78 is 0.